The first kappa shape index (κ1) is 14.1. The largest absolute Gasteiger partial charge is 0.484 e. The van der Waals surface area contributed by atoms with Gasteiger partial charge in [0, 0.05) is 6.04 Å². The third-order valence-electron chi connectivity index (χ3n) is 3.81. The number of ether oxygens (including phenoxy) is 1. The van der Waals surface area contributed by atoms with Crippen molar-refractivity contribution in [3.05, 3.63) is 41.0 Å². The summed E-state index contributed by atoms with van der Waals surface area (Å²) in [7, 11) is 0. The maximum Gasteiger partial charge on any atom is 0.264 e. The molecule has 21 heavy (non-hydrogen) atoms. The summed E-state index contributed by atoms with van der Waals surface area (Å²) in [4.78, 5) is 4.14. The number of hydrogen-bond acceptors (Lipinski definition) is 5. The van der Waals surface area contributed by atoms with Crippen molar-refractivity contribution in [1.82, 2.24) is 15.5 Å². The van der Waals surface area contributed by atoms with Crippen LogP contribution in [-0.4, -0.2) is 16.7 Å². The molecular formula is C16H21N3O2. The Morgan fingerprint density at radius 3 is 3.10 bits per heavy atom. The number of benzene rings is 1. The second-order valence-corrected chi connectivity index (χ2v) is 5.39. The van der Waals surface area contributed by atoms with Gasteiger partial charge in [-0.3, -0.25) is 0 Å². The summed E-state index contributed by atoms with van der Waals surface area (Å²) in [5.41, 5.74) is 2.79. The van der Waals surface area contributed by atoms with E-state index in [9.17, 15) is 0 Å². The van der Waals surface area contributed by atoms with E-state index in [4.69, 9.17) is 9.26 Å². The Kier molecular flexibility index (Phi) is 4.20. The van der Waals surface area contributed by atoms with E-state index >= 15 is 0 Å². The molecule has 1 atom stereocenters. The van der Waals surface area contributed by atoms with Crippen LogP contribution >= 0.6 is 0 Å². The number of aromatic nitrogens is 2. The molecule has 0 amide bonds. The molecule has 0 radical (unpaired) electrons. The van der Waals surface area contributed by atoms with E-state index in [1.807, 2.05) is 6.07 Å². The van der Waals surface area contributed by atoms with Gasteiger partial charge in [-0.15, -0.1) is 0 Å². The molecule has 0 aliphatic heterocycles. The average molecular weight is 287 g/mol. The molecule has 1 aromatic heterocycles. The first-order valence-corrected chi connectivity index (χ1v) is 7.54. The molecular weight excluding hydrogens is 266 g/mol. The van der Waals surface area contributed by atoms with Crippen molar-refractivity contribution in [2.24, 2.45) is 0 Å². The van der Waals surface area contributed by atoms with Crippen molar-refractivity contribution in [3.63, 3.8) is 0 Å². The number of aryl methyl sites for hydroxylation is 2. The van der Waals surface area contributed by atoms with Crippen LogP contribution in [0.1, 0.15) is 48.6 Å². The highest BCUT2D eigenvalue weighted by molar-refractivity contribution is 5.39. The summed E-state index contributed by atoms with van der Waals surface area (Å²) < 4.78 is 10.8. The normalized spacial score (nSPS) is 17.5. The summed E-state index contributed by atoms with van der Waals surface area (Å²) in [5, 5.41) is 7.30. The summed E-state index contributed by atoms with van der Waals surface area (Å²) >= 11 is 0. The number of hydrogen-bond donors (Lipinski definition) is 1. The van der Waals surface area contributed by atoms with Crippen molar-refractivity contribution >= 4 is 0 Å². The minimum Gasteiger partial charge on any atom is -0.484 e. The van der Waals surface area contributed by atoms with Gasteiger partial charge in [-0.25, -0.2) is 0 Å². The number of fused-ring (bicyclic) bond motifs is 1. The van der Waals surface area contributed by atoms with Gasteiger partial charge in [0.15, 0.2) is 12.4 Å². The number of rotatable bonds is 5. The Morgan fingerprint density at radius 2 is 2.33 bits per heavy atom. The first-order valence-electron chi connectivity index (χ1n) is 7.54. The summed E-state index contributed by atoms with van der Waals surface area (Å²) in [5.74, 6) is 2.00. The Balaban J connectivity index is 1.70. The van der Waals surface area contributed by atoms with Crippen molar-refractivity contribution in [2.75, 3.05) is 6.54 Å². The van der Waals surface area contributed by atoms with Gasteiger partial charge in [0.05, 0.1) is 0 Å². The van der Waals surface area contributed by atoms with E-state index in [0.29, 0.717) is 24.4 Å². The highest BCUT2D eigenvalue weighted by Crippen LogP contribution is 2.32. The van der Waals surface area contributed by atoms with E-state index in [2.05, 4.69) is 34.5 Å². The third kappa shape index (κ3) is 3.24. The smallest absolute Gasteiger partial charge is 0.264 e. The topological polar surface area (TPSA) is 60.2 Å². The lowest BCUT2D eigenvalue weighted by Gasteiger charge is -2.26. The molecule has 1 unspecified atom stereocenters. The quantitative estimate of drug-likeness (QED) is 0.916. The molecule has 1 heterocycles. The molecule has 1 aliphatic carbocycles. The van der Waals surface area contributed by atoms with Crippen molar-refractivity contribution in [1.29, 1.82) is 0 Å². The maximum absolute atomic E-state index is 5.75. The van der Waals surface area contributed by atoms with E-state index in [0.717, 1.165) is 18.7 Å². The summed E-state index contributed by atoms with van der Waals surface area (Å²) in [6.07, 6.45) is 3.55. The van der Waals surface area contributed by atoms with Crippen LogP contribution in [0.5, 0.6) is 5.75 Å². The summed E-state index contributed by atoms with van der Waals surface area (Å²) in [6.45, 7) is 5.26. The van der Waals surface area contributed by atoms with E-state index in [1.54, 1.807) is 6.92 Å². The second kappa shape index (κ2) is 6.26. The molecule has 112 valence electrons. The molecule has 1 N–H and O–H groups in total. The highest BCUT2D eigenvalue weighted by Gasteiger charge is 2.19. The van der Waals surface area contributed by atoms with Crippen LogP contribution in [0, 0.1) is 6.92 Å². The fourth-order valence-electron chi connectivity index (χ4n) is 2.88. The molecule has 5 heteroatoms. The lowest BCUT2D eigenvalue weighted by molar-refractivity contribution is 0.242. The van der Waals surface area contributed by atoms with E-state index in [1.165, 1.54) is 24.0 Å². The maximum atomic E-state index is 5.75. The van der Waals surface area contributed by atoms with Gasteiger partial charge in [0.25, 0.3) is 5.89 Å². The molecule has 1 aliphatic rings. The second-order valence-electron chi connectivity index (χ2n) is 5.39. The van der Waals surface area contributed by atoms with Crippen molar-refractivity contribution in [3.8, 4) is 5.75 Å². The summed E-state index contributed by atoms with van der Waals surface area (Å²) in [6, 6.07) is 6.82. The standard InChI is InChI=1S/C16H21N3O2/c1-3-17-15-6-4-5-12-9-13(7-8-14(12)15)20-10-16-18-11(2)19-21-16/h7-9,15,17H,3-6,10H2,1-2H3. The van der Waals surface area contributed by atoms with E-state index < -0.39 is 0 Å². The number of nitrogens with one attached hydrogen (secondary N) is 1. The van der Waals surface area contributed by atoms with Crippen molar-refractivity contribution < 1.29 is 9.26 Å². The molecule has 1 aromatic carbocycles. The third-order valence-corrected chi connectivity index (χ3v) is 3.81. The first-order chi connectivity index (χ1) is 10.3. The Bertz CT molecular complexity index is 609. The molecule has 0 spiro atoms. The van der Waals surface area contributed by atoms with Gasteiger partial charge in [0.1, 0.15) is 5.75 Å². The predicted molar refractivity (Wildman–Crippen MR) is 79.2 cm³/mol. The molecule has 0 saturated carbocycles. The van der Waals surface area contributed by atoms with Gasteiger partial charge in [-0.05, 0) is 56.0 Å². The molecule has 0 bridgehead atoms. The van der Waals surface area contributed by atoms with Crippen LogP contribution in [0.15, 0.2) is 22.7 Å². The van der Waals surface area contributed by atoms with Crippen LogP contribution < -0.4 is 10.1 Å². The zero-order valence-electron chi connectivity index (χ0n) is 12.6. The van der Waals surface area contributed by atoms with Crippen LogP contribution in [-0.2, 0) is 13.0 Å². The number of nitrogens with zero attached hydrogens (tertiary/aromatic N) is 2. The van der Waals surface area contributed by atoms with Gasteiger partial charge in [0.2, 0.25) is 0 Å². The Hall–Kier alpha value is -1.88. The fraction of sp³-hybridized carbons (Fsp3) is 0.500. The Labute approximate surface area is 124 Å². The van der Waals surface area contributed by atoms with Crippen LogP contribution in [0.2, 0.25) is 0 Å². The lowest BCUT2D eigenvalue weighted by Crippen LogP contribution is -2.24. The lowest BCUT2D eigenvalue weighted by atomic mass is 9.87. The minimum atomic E-state index is 0.316. The van der Waals surface area contributed by atoms with E-state index in [-0.39, 0.29) is 0 Å². The Morgan fingerprint density at radius 1 is 1.43 bits per heavy atom. The van der Waals surface area contributed by atoms with Gasteiger partial charge in [-0.2, -0.15) is 4.98 Å². The van der Waals surface area contributed by atoms with Crippen LogP contribution in [0.25, 0.3) is 0 Å². The molecule has 3 rings (SSSR count). The molecule has 0 fully saturated rings. The zero-order chi connectivity index (χ0) is 14.7. The van der Waals surface area contributed by atoms with Crippen molar-refractivity contribution in [2.45, 2.75) is 45.8 Å². The molecule has 5 nitrogen and oxygen atoms in total. The average Bonchev–Trinajstić information content (AvgIpc) is 2.91. The van der Waals surface area contributed by atoms with Gasteiger partial charge in [-0.1, -0.05) is 18.1 Å². The highest BCUT2D eigenvalue weighted by atomic mass is 16.5. The van der Waals surface area contributed by atoms with Crippen LogP contribution in [0.3, 0.4) is 0 Å². The zero-order valence-corrected chi connectivity index (χ0v) is 12.6. The van der Waals surface area contributed by atoms with Crippen LogP contribution in [0.4, 0.5) is 0 Å². The molecule has 2 aromatic rings. The molecule has 0 saturated heterocycles. The van der Waals surface area contributed by atoms with Gasteiger partial charge >= 0.3 is 0 Å². The monoisotopic (exact) mass is 287 g/mol. The fourth-order valence-corrected chi connectivity index (χ4v) is 2.88. The SMILES string of the molecule is CCNC1CCCc2cc(OCc3nc(C)no3)ccc21. The van der Waals surface area contributed by atoms with Gasteiger partial charge < -0.3 is 14.6 Å². The minimum absolute atomic E-state index is 0.316. The predicted octanol–water partition coefficient (Wildman–Crippen LogP) is 2.94.